The zero-order valence-electron chi connectivity index (χ0n) is 16.1. The van der Waals surface area contributed by atoms with E-state index >= 15 is 0 Å². The maximum atomic E-state index is 12.8. The molecule has 2 bridgehead atoms. The molecule has 148 valence electrons. The molecule has 3 heterocycles. The number of hydrogen-bond acceptors (Lipinski definition) is 3. The fourth-order valence-electron chi connectivity index (χ4n) is 5.86. The third-order valence-corrected chi connectivity index (χ3v) is 7.78. The number of fused-ring (bicyclic) bond motifs is 1. The Morgan fingerprint density at radius 1 is 1.07 bits per heavy atom. The van der Waals surface area contributed by atoms with E-state index in [4.69, 9.17) is 4.74 Å². The summed E-state index contributed by atoms with van der Waals surface area (Å²) in [5.41, 5.74) is 3.39. The van der Waals surface area contributed by atoms with Gasteiger partial charge in [-0.25, -0.2) is 4.79 Å². The summed E-state index contributed by atoms with van der Waals surface area (Å²) in [6.45, 7) is 2.98. The number of nitrogens with one attached hydrogen (secondary N) is 1. The molecule has 0 spiro atoms. The minimum Gasteiger partial charge on any atom is -0.366 e. The number of urea groups is 1. The van der Waals surface area contributed by atoms with Crippen molar-refractivity contribution in [1.29, 1.82) is 0 Å². The lowest BCUT2D eigenvalue weighted by molar-refractivity contribution is -0.139. The minimum atomic E-state index is -0.0816. The van der Waals surface area contributed by atoms with Crippen LogP contribution in [0.1, 0.15) is 42.7 Å². The molecule has 3 saturated carbocycles. The van der Waals surface area contributed by atoms with Crippen LogP contribution in [0.4, 0.5) is 4.79 Å². The third kappa shape index (κ3) is 2.50. The summed E-state index contributed by atoms with van der Waals surface area (Å²) in [4.78, 5) is 28.2. The number of rotatable bonds is 2. The predicted molar refractivity (Wildman–Crippen MR) is 103 cm³/mol. The average molecular weight is 381 g/mol. The molecule has 6 nitrogen and oxygen atoms in total. The molecule has 1 aromatic rings. The van der Waals surface area contributed by atoms with Crippen molar-refractivity contribution in [2.45, 2.75) is 49.2 Å². The highest BCUT2D eigenvalue weighted by Gasteiger charge is 2.57. The van der Waals surface area contributed by atoms with Crippen molar-refractivity contribution in [2.24, 2.45) is 5.92 Å². The Bertz CT molecular complexity index is 800. The minimum absolute atomic E-state index is 0.0467. The molecule has 3 aliphatic carbocycles. The Hall–Kier alpha value is -2.08. The van der Waals surface area contributed by atoms with Crippen molar-refractivity contribution in [2.75, 3.05) is 32.8 Å². The van der Waals surface area contributed by atoms with Crippen LogP contribution in [0.5, 0.6) is 0 Å². The second-order valence-electron chi connectivity index (χ2n) is 9.52. The summed E-state index contributed by atoms with van der Waals surface area (Å²) in [7, 11) is 0. The number of hydrogen-bond donors (Lipinski definition) is 1. The van der Waals surface area contributed by atoms with E-state index in [0.29, 0.717) is 24.4 Å². The van der Waals surface area contributed by atoms with Crippen molar-refractivity contribution < 1.29 is 14.3 Å². The molecule has 6 heteroatoms. The molecule has 6 fully saturated rings. The van der Waals surface area contributed by atoms with Crippen LogP contribution in [0.15, 0.2) is 24.3 Å². The van der Waals surface area contributed by atoms with Gasteiger partial charge >= 0.3 is 6.03 Å². The van der Waals surface area contributed by atoms with E-state index in [1.807, 2.05) is 9.80 Å². The van der Waals surface area contributed by atoms with Crippen LogP contribution < -0.4 is 5.32 Å². The van der Waals surface area contributed by atoms with E-state index in [9.17, 15) is 9.59 Å². The molecular weight excluding hydrogens is 354 g/mol. The maximum Gasteiger partial charge on any atom is 0.320 e. The summed E-state index contributed by atoms with van der Waals surface area (Å²) in [6.07, 6.45) is 5.01. The van der Waals surface area contributed by atoms with Crippen LogP contribution in [0.2, 0.25) is 0 Å². The zero-order chi connectivity index (χ0) is 18.9. The van der Waals surface area contributed by atoms with Crippen molar-refractivity contribution in [1.82, 2.24) is 15.1 Å². The van der Waals surface area contributed by atoms with Crippen LogP contribution >= 0.6 is 0 Å². The van der Waals surface area contributed by atoms with Crippen LogP contribution in [-0.2, 0) is 14.9 Å². The van der Waals surface area contributed by atoms with Gasteiger partial charge in [0, 0.05) is 32.1 Å². The fourth-order valence-corrected chi connectivity index (χ4v) is 5.86. The summed E-state index contributed by atoms with van der Waals surface area (Å²) in [6, 6.07) is 9.24. The summed E-state index contributed by atoms with van der Waals surface area (Å²) in [5, 5.41) is 2.97. The molecule has 6 aliphatic rings. The molecule has 1 aromatic carbocycles. The first-order valence-electron chi connectivity index (χ1n) is 10.6. The fraction of sp³-hybridized carbons (Fsp3) is 0.636. The molecular formula is C22H27N3O3. The average Bonchev–Trinajstić information content (AvgIpc) is 2.58. The molecule has 3 aliphatic heterocycles. The van der Waals surface area contributed by atoms with Crippen molar-refractivity contribution in [3.8, 4) is 0 Å². The second-order valence-corrected chi connectivity index (χ2v) is 9.52. The number of carbonyl (C=O) groups excluding carboxylic acids is 2. The number of ether oxygens (including phenoxy) is 1. The van der Waals surface area contributed by atoms with Gasteiger partial charge in [-0.15, -0.1) is 0 Å². The van der Waals surface area contributed by atoms with Gasteiger partial charge in [-0.3, -0.25) is 4.79 Å². The molecule has 7 rings (SSSR count). The summed E-state index contributed by atoms with van der Waals surface area (Å²) >= 11 is 0. The van der Waals surface area contributed by atoms with Gasteiger partial charge in [-0.1, -0.05) is 24.3 Å². The Labute approximate surface area is 165 Å². The van der Waals surface area contributed by atoms with Crippen LogP contribution in [-0.4, -0.2) is 66.7 Å². The first kappa shape index (κ1) is 16.8. The topological polar surface area (TPSA) is 61.9 Å². The summed E-state index contributed by atoms with van der Waals surface area (Å²) in [5.74, 6) is 1.37. The normalized spacial score (nSPS) is 36.6. The van der Waals surface area contributed by atoms with Gasteiger partial charge in [0.2, 0.25) is 5.91 Å². The number of likely N-dealkylation sites (tertiary alicyclic amines) is 2. The Morgan fingerprint density at radius 3 is 2.50 bits per heavy atom. The highest BCUT2D eigenvalue weighted by atomic mass is 16.5. The van der Waals surface area contributed by atoms with Crippen LogP contribution in [0.3, 0.4) is 0 Å². The molecule has 2 atom stereocenters. The molecule has 1 N–H and O–H groups in total. The lowest BCUT2D eigenvalue weighted by Gasteiger charge is -2.62. The molecule has 0 aromatic heterocycles. The van der Waals surface area contributed by atoms with Crippen molar-refractivity contribution in [3.05, 3.63) is 35.4 Å². The van der Waals surface area contributed by atoms with Crippen molar-refractivity contribution in [3.63, 3.8) is 0 Å². The number of carbonyl (C=O) groups is 2. The maximum absolute atomic E-state index is 12.8. The lowest BCUT2D eigenvalue weighted by Crippen LogP contribution is -2.63. The Morgan fingerprint density at radius 2 is 1.82 bits per heavy atom. The summed E-state index contributed by atoms with van der Waals surface area (Å²) < 4.78 is 5.58. The van der Waals surface area contributed by atoms with Gasteiger partial charge in [0.1, 0.15) is 6.61 Å². The van der Waals surface area contributed by atoms with Crippen molar-refractivity contribution >= 4 is 11.9 Å². The predicted octanol–water partition coefficient (Wildman–Crippen LogP) is 1.85. The SMILES string of the molecule is O=C1CO[C@H]2CCN(C(=O)N3CC(c4ccc(C56CC(C5)C6)cc4)C3)CC2N1. The van der Waals surface area contributed by atoms with E-state index in [1.54, 1.807) is 0 Å². The van der Waals surface area contributed by atoms with E-state index in [0.717, 1.165) is 25.4 Å². The van der Waals surface area contributed by atoms with E-state index in [-0.39, 0.29) is 30.7 Å². The molecule has 1 unspecified atom stereocenters. The van der Waals surface area contributed by atoms with E-state index in [1.165, 1.54) is 30.4 Å². The smallest absolute Gasteiger partial charge is 0.320 e. The third-order valence-electron chi connectivity index (χ3n) is 7.78. The standard InChI is InChI=1S/C22H27N3O3/c26-20-13-28-19-5-6-24(12-18(19)23-20)21(27)25-10-16(11-25)15-1-3-17(4-2-15)22-7-14(8-22)9-22/h1-4,14,16,18-19H,5-13H2,(H,23,26)/t14?,18?,19-,22?/m0/s1. The van der Waals surface area contributed by atoms with E-state index in [2.05, 4.69) is 29.6 Å². The zero-order valence-corrected chi connectivity index (χ0v) is 16.1. The van der Waals surface area contributed by atoms with Gasteiger partial charge in [0.15, 0.2) is 0 Å². The monoisotopic (exact) mass is 381 g/mol. The lowest BCUT2D eigenvalue weighted by atomic mass is 9.42. The van der Waals surface area contributed by atoms with Gasteiger partial charge in [0.05, 0.1) is 12.1 Å². The largest absolute Gasteiger partial charge is 0.366 e. The number of nitrogens with zero attached hydrogens (tertiary/aromatic N) is 2. The quantitative estimate of drug-likeness (QED) is 0.850. The highest BCUT2D eigenvalue weighted by molar-refractivity contribution is 5.79. The Kier molecular flexibility index (Phi) is 3.58. The second kappa shape index (κ2) is 5.96. The van der Waals surface area contributed by atoms with Gasteiger partial charge < -0.3 is 19.9 Å². The molecule has 3 amide bonds. The first-order valence-corrected chi connectivity index (χ1v) is 10.6. The number of morpholine rings is 1. The number of benzene rings is 1. The first-order chi connectivity index (χ1) is 13.6. The molecule has 3 saturated heterocycles. The van der Waals surface area contributed by atoms with E-state index < -0.39 is 0 Å². The number of piperidine rings is 1. The van der Waals surface area contributed by atoms with Gasteiger partial charge in [-0.05, 0) is 48.1 Å². The molecule has 0 radical (unpaired) electrons. The number of amides is 3. The van der Waals surface area contributed by atoms with Crippen LogP contribution in [0.25, 0.3) is 0 Å². The molecule has 28 heavy (non-hydrogen) atoms. The van der Waals surface area contributed by atoms with Crippen LogP contribution in [0, 0.1) is 5.92 Å². The Balaban J connectivity index is 1.04. The van der Waals surface area contributed by atoms with Gasteiger partial charge in [-0.2, -0.15) is 0 Å². The van der Waals surface area contributed by atoms with Gasteiger partial charge in [0.25, 0.3) is 0 Å². The highest BCUT2D eigenvalue weighted by Crippen LogP contribution is 2.65.